The van der Waals surface area contributed by atoms with Crippen molar-refractivity contribution in [3.8, 4) is 0 Å². The third-order valence-electron chi connectivity index (χ3n) is 2.94. The van der Waals surface area contributed by atoms with Gasteiger partial charge in [-0.25, -0.2) is 0 Å². The summed E-state index contributed by atoms with van der Waals surface area (Å²) in [5, 5.41) is 16.3. The molecule has 7 heteroatoms. The second kappa shape index (κ2) is 8.26. The van der Waals surface area contributed by atoms with Gasteiger partial charge in [-0.3, -0.25) is 19.7 Å². The molecular formula is C16H23N3O4. The van der Waals surface area contributed by atoms with E-state index in [1.54, 1.807) is 0 Å². The fourth-order valence-corrected chi connectivity index (χ4v) is 2.03. The summed E-state index contributed by atoms with van der Waals surface area (Å²) in [5.74, 6) is -0.122. The summed E-state index contributed by atoms with van der Waals surface area (Å²) in [4.78, 5) is 34.2. The number of carbonyl (C=O) groups is 2. The zero-order valence-electron chi connectivity index (χ0n) is 13.9. The molecule has 0 aromatic heterocycles. The van der Waals surface area contributed by atoms with E-state index >= 15 is 0 Å². The van der Waals surface area contributed by atoms with Crippen LogP contribution < -0.4 is 10.6 Å². The van der Waals surface area contributed by atoms with Crippen molar-refractivity contribution in [2.45, 2.75) is 40.5 Å². The van der Waals surface area contributed by atoms with Crippen molar-refractivity contribution in [2.75, 3.05) is 10.6 Å². The van der Waals surface area contributed by atoms with E-state index in [1.165, 1.54) is 18.2 Å². The molecule has 0 unspecified atom stereocenters. The number of rotatable bonds is 7. The van der Waals surface area contributed by atoms with Crippen molar-refractivity contribution in [3.63, 3.8) is 0 Å². The number of carbonyl (C=O) groups excluding carboxylic acids is 2. The minimum Gasteiger partial charge on any atom is -0.326 e. The van der Waals surface area contributed by atoms with Crippen molar-refractivity contribution >= 4 is 28.9 Å². The second-order valence-corrected chi connectivity index (χ2v) is 6.28. The molecule has 0 heterocycles. The van der Waals surface area contributed by atoms with Crippen LogP contribution in [0, 0.1) is 22.0 Å². The smallest absolute Gasteiger partial charge is 0.292 e. The Bertz CT molecular complexity index is 597. The average molecular weight is 321 g/mol. The van der Waals surface area contributed by atoms with Crippen LogP contribution in [0.1, 0.15) is 40.5 Å². The average Bonchev–Trinajstić information content (AvgIpc) is 2.35. The summed E-state index contributed by atoms with van der Waals surface area (Å²) >= 11 is 0. The number of hydrogen-bond acceptors (Lipinski definition) is 4. The predicted molar refractivity (Wildman–Crippen MR) is 89.3 cm³/mol. The van der Waals surface area contributed by atoms with Gasteiger partial charge in [0, 0.05) is 24.6 Å². The van der Waals surface area contributed by atoms with Crippen molar-refractivity contribution in [1.82, 2.24) is 0 Å². The van der Waals surface area contributed by atoms with E-state index in [2.05, 4.69) is 10.6 Å². The zero-order chi connectivity index (χ0) is 17.6. The highest BCUT2D eigenvalue weighted by molar-refractivity contribution is 5.96. The molecular weight excluding hydrogens is 298 g/mol. The third-order valence-corrected chi connectivity index (χ3v) is 2.94. The van der Waals surface area contributed by atoms with Gasteiger partial charge in [0.15, 0.2) is 0 Å². The molecule has 0 aliphatic heterocycles. The van der Waals surface area contributed by atoms with Crippen LogP contribution in [0.3, 0.4) is 0 Å². The van der Waals surface area contributed by atoms with Crippen molar-refractivity contribution in [2.24, 2.45) is 11.8 Å². The molecule has 0 atom stereocenters. The first kappa shape index (κ1) is 18.6. The third kappa shape index (κ3) is 6.46. The Balaban J connectivity index is 2.96. The number of hydrogen-bond donors (Lipinski definition) is 2. The van der Waals surface area contributed by atoms with Gasteiger partial charge in [0.25, 0.3) is 5.69 Å². The molecule has 1 aromatic rings. The minimum atomic E-state index is -0.565. The highest BCUT2D eigenvalue weighted by Gasteiger charge is 2.18. The molecule has 0 spiro atoms. The van der Waals surface area contributed by atoms with E-state index in [9.17, 15) is 19.7 Å². The Morgan fingerprint density at radius 1 is 1.04 bits per heavy atom. The van der Waals surface area contributed by atoms with Crippen LogP contribution in [0.25, 0.3) is 0 Å². The number of nitrogens with one attached hydrogen (secondary N) is 2. The molecule has 0 fully saturated rings. The van der Waals surface area contributed by atoms with Crippen LogP contribution >= 0.6 is 0 Å². The number of nitrogens with zero attached hydrogens (tertiary/aromatic N) is 1. The fourth-order valence-electron chi connectivity index (χ4n) is 2.03. The molecule has 23 heavy (non-hydrogen) atoms. The lowest BCUT2D eigenvalue weighted by Gasteiger charge is -2.11. The molecule has 0 saturated carbocycles. The normalized spacial score (nSPS) is 10.7. The van der Waals surface area contributed by atoms with Crippen LogP contribution in [0.15, 0.2) is 18.2 Å². The van der Waals surface area contributed by atoms with Crippen LogP contribution in [0.4, 0.5) is 17.1 Å². The second-order valence-electron chi connectivity index (χ2n) is 6.28. The van der Waals surface area contributed by atoms with Gasteiger partial charge in [-0.1, -0.05) is 27.7 Å². The van der Waals surface area contributed by atoms with Gasteiger partial charge in [-0.2, -0.15) is 0 Å². The number of anilines is 2. The topological polar surface area (TPSA) is 101 Å². The van der Waals surface area contributed by atoms with Crippen molar-refractivity contribution < 1.29 is 14.5 Å². The van der Waals surface area contributed by atoms with E-state index < -0.39 is 4.92 Å². The molecule has 0 saturated heterocycles. The minimum absolute atomic E-state index is 0.0861. The van der Waals surface area contributed by atoms with Gasteiger partial charge in [0.1, 0.15) is 5.69 Å². The van der Waals surface area contributed by atoms with E-state index in [0.29, 0.717) is 12.1 Å². The van der Waals surface area contributed by atoms with Gasteiger partial charge in [0.2, 0.25) is 11.8 Å². The first-order chi connectivity index (χ1) is 10.7. The molecule has 2 N–H and O–H groups in total. The molecule has 0 bridgehead atoms. The van der Waals surface area contributed by atoms with Crippen molar-refractivity contribution in [1.29, 1.82) is 0 Å². The molecule has 1 aromatic carbocycles. The highest BCUT2D eigenvalue weighted by atomic mass is 16.6. The van der Waals surface area contributed by atoms with Crippen LogP contribution in [-0.2, 0) is 9.59 Å². The Morgan fingerprint density at radius 3 is 2.04 bits per heavy atom. The van der Waals surface area contributed by atoms with Gasteiger partial charge in [-0.05, 0) is 24.0 Å². The summed E-state index contributed by atoms with van der Waals surface area (Å²) in [6.45, 7) is 7.62. The maximum absolute atomic E-state index is 11.9. The molecule has 2 amide bonds. The van der Waals surface area contributed by atoms with E-state index in [4.69, 9.17) is 0 Å². The van der Waals surface area contributed by atoms with E-state index in [-0.39, 0.29) is 41.4 Å². The standard InChI is InChI=1S/C16H23N3O4/c1-10(2)7-15(20)17-12-5-6-14(19(22)23)13(9-12)18-16(21)8-11(3)4/h5-6,9-11H,7-8H2,1-4H3,(H,17,20)(H,18,21). The van der Waals surface area contributed by atoms with Crippen LogP contribution in [0.5, 0.6) is 0 Å². The molecule has 0 aliphatic carbocycles. The Hall–Kier alpha value is -2.44. The molecule has 126 valence electrons. The molecule has 0 aliphatic rings. The molecule has 0 radical (unpaired) electrons. The summed E-state index contributed by atoms with van der Waals surface area (Å²) in [6, 6.07) is 4.14. The molecule has 7 nitrogen and oxygen atoms in total. The first-order valence-electron chi connectivity index (χ1n) is 7.57. The lowest BCUT2D eigenvalue weighted by Crippen LogP contribution is -2.16. The summed E-state index contributed by atoms with van der Waals surface area (Å²) in [5.41, 5.74) is 0.299. The number of amides is 2. The van der Waals surface area contributed by atoms with Gasteiger partial charge in [0.05, 0.1) is 4.92 Å². The van der Waals surface area contributed by atoms with E-state index in [1.807, 2.05) is 27.7 Å². The Labute approximate surface area is 135 Å². The number of nitro benzene ring substituents is 1. The largest absolute Gasteiger partial charge is 0.326 e. The lowest BCUT2D eigenvalue weighted by molar-refractivity contribution is -0.383. The Kier molecular flexibility index (Phi) is 6.68. The first-order valence-corrected chi connectivity index (χ1v) is 7.57. The number of nitro groups is 1. The summed E-state index contributed by atoms with van der Waals surface area (Å²) in [7, 11) is 0. The quantitative estimate of drug-likeness (QED) is 0.592. The monoisotopic (exact) mass is 321 g/mol. The zero-order valence-corrected chi connectivity index (χ0v) is 13.9. The van der Waals surface area contributed by atoms with Crippen LogP contribution in [-0.4, -0.2) is 16.7 Å². The van der Waals surface area contributed by atoms with Gasteiger partial charge >= 0.3 is 0 Å². The maximum atomic E-state index is 11.9. The van der Waals surface area contributed by atoms with Crippen LogP contribution in [0.2, 0.25) is 0 Å². The summed E-state index contributed by atoms with van der Waals surface area (Å²) < 4.78 is 0. The van der Waals surface area contributed by atoms with E-state index in [0.717, 1.165) is 0 Å². The Morgan fingerprint density at radius 2 is 1.57 bits per heavy atom. The highest BCUT2D eigenvalue weighted by Crippen LogP contribution is 2.28. The number of benzene rings is 1. The molecule has 1 rings (SSSR count). The summed E-state index contributed by atoms with van der Waals surface area (Å²) in [6.07, 6.45) is 0.618. The SMILES string of the molecule is CC(C)CC(=O)Nc1ccc([N+](=O)[O-])c(NC(=O)CC(C)C)c1. The predicted octanol–water partition coefficient (Wildman–Crippen LogP) is 3.56. The van der Waals surface area contributed by atoms with Gasteiger partial charge in [-0.15, -0.1) is 0 Å². The lowest BCUT2D eigenvalue weighted by atomic mass is 10.1. The van der Waals surface area contributed by atoms with Gasteiger partial charge < -0.3 is 10.6 Å². The maximum Gasteiger partial charge on any atom is 0.292 e. The van der Waals surface area contributed by atoms with Crippen molar-refractivity contribution in [3.05, 3.63) is 28.3 Å². The fraction of sp³-hybridized carbons (Fsp3) is 0.500.